The largest absolute Gasteiger partial charge is 0.328 e. The van der Waals surface area contributed by atoms with E-state index in [9.17, 15) is 0 Å². The van der Waals surface area contributed by atoms with E-state index in [0.29, 0.717) is 6.04 Å². The summed E-state index contributed by atoms with van der Waals surface area (Å²) in [6, 6.07) is 1.22. The lowest BCUT2D eigenvalue weighted by Crippen LogP contribution is -2.48. The predicted octanol–water partition coefficient (Wildman–Crippen LogP) is 0.0856. The zero-order valence-electron chi connectivity index (χ0n) is 5.35. The van der Waals surface area contributed by atoms with Crippen LogP contribution in [0.25, 0.3) is 0 Å². The molecule has 0 saturated heterocycles. The lowest BCUT2D eigenvalue weighted by atomic mass is 9.88. The number of nitrogens with two attached hydrogens (primary N) is 1. The highest BCUT2D eigenvalue weighted by Crippen LogP contribution is 2.16. The first-order valence-corrected chi connectivity index (χ1v) is 3.32. The topological polar surface area (TPSA) is 38.0 Å². The van der Waals surface area contributed by atoms with E-state index in [1.54, 1.807) is 0 Å². The molecule has 0 aromatic heterocycles. The first-order chi connectivity index (χ1) is 3.83. The third kappa shape index (κ3) is 1.20. The number of rotatable bonds is 2. The Morgan fingerprint density at radius 1 is 1.62 bits per heavy atom. The molecule has 1 aliphatic rings. The van der Waals surface area contributed by atoms with Gasteiger partial charge in [-0.25, -0.2) is 0 Å². The Kier molecular flexibility index (Phi) is 1.86. The van der Waals surface area contributed by atoms with Crippen molar-refractivity contribution in [2.75, 3.05) is 6.54 Å². The molecule has 1 fully saturated rings. The van der Waals surface area contributed by atoms with Gasteiger partial charge in [-0.3, -0.25) is 0 Å². The van der Waals surface area contributed by atoms with Crippen molar-refractivity contribution in [3.8, 4) is 0 Å². The molecule has 0 aromatic rings. The first-order valence-electron chi connectivity index (χ1n) is 3.32. The normalized spacial score (nSPS) is 36.8. The Morgan fingerprint density at radius 2 is 2.25 bits per heavy atom. The molecule has 0 atom stereocenters. The van der Waals surface area contributed by atoms with Crippen LogP contribution in [0.2, 0.25) is 0 Å². The van der Waals surface area contributed by atoms with Crippen LogP contribution in [0.1, 0.15) is 19.8 Å². The van der Waals surface area contributed by atoms with Crippen LogP contribution in [0.3, 0.4) is 0 Å². The molecule has 2 nitrogen and oxygen atoms in total. The number of hydrogen-bond acceptors (Lipinski definition) is 2. The van der Waals surface area contributed by atoms with E-state index in [4.69, 9.17) is 5.73 Å². The van der Waals surface area contributed by atoms with Gasteiger partial charge in [0.1, 0.15) is 0 Å². The highest BCUT2D eigenvalue weighted by Gasteiger charge is 2.23. The quantitative estimate of drug-likeness (QED) is 0.533. The smallest absolute Gasteiger partial charge is 0.00964 e. The van der Waals surface area contributed by atoms with Crippen molar-refractivity contribution < 1.29 is 0 Å². The highest BCUT2D eigenvalue weighted by atomic mass is 14.9. The minimum absolute atomic E-state index is 0.485. The summed E-state index contributed by atoms with van der Waals surface area (Å²) < 4.78 is 0. The molecule has 0 aromatic carbocycles. The van der Waals surface area contributed by atoms with Crippen LogP contribution < -0.4 is 11.1 Å². The van der Waals surface area contributed by atoms with Crippen LogP contribution in [0.5, 0.6) is 0 Å². The minimum atomic E-state index is 0.485. The number of nitrogens with one attached hydrogen (secondary N) is 1. The Morgan fingerprint density at radius 3 is 2.62 bits per heavy atom. The monoisotopic (exact) mass is 114 g/mol. The molecule has 0 radical (unpaired) electrons. The van der Waals surface area contributed by atoms with E-state index in [1.165, 1.54) is 12.8 Å². The second-order valence-corrected chi connectivity index (χ2v) is 2.49. The third-order valence-electron chi connectivity index (χ3n) is 1.67. The maximum Gasteiger partial charge on any atom is 0.00964 e. The molecule has 0 aliphatic heterocycles. The average molecular weight is 114 g/mol. The summed E-state index contributed by atoms with van der Waals surface area (Å²) in [6.07, 6.45) is 2.35. The van der Waals surface area contributed by atoms with Gasteiger partial charge in [0.25, 0.3) is 0 Å². The van der Waals surface area contributed by atoms with Gasteiger partial charge in [0, 0.05) is 12.1 Å². The second kappa shape index (κ2) is 2.46. The molecule has 3 N–H and O–H groups in total. The molecule has 1 rings (SSSR count). The number of hydrogen-bond donors (Lipinski definition) is 2. The van der Waals surface area contributed by atoms with Crippen LogP contribution in [-0.4, -0.2) is 18.6 Å². The van der Waals surface area contributed by atoms with Gasteiger partial charge in [-0.2, -0.15) is 0 Å². The molecule has 0 amide bonds. The van der Waals surface area contributed by atoms with Crippen molar-refractivity contribution in [3.05, 3.63) is 0 Å². The van der Waals surface area contributed by atoms with E-state index in [-0.39, 0.29) is 0 Å². The molecular formula is C6H14N2. The molecule has 2 heteroatoms. The van der Waals surface area contributed by atoms with E-state index >= 15 is 0 Å². The molecule has 0 spiro atoms. The fraction of sp³-hybridized carbons (Fsp3) is 1.00. The highest BCUT2D eigenvalue weighted by molar-refractivity contribution is 4.86. The van der Waals surface area contributed by atoms with Crippen LogP contribution in [-0.2, 0) is 0 Å². The molecule has 48 valence electrons. The lowest BCUT2D eigenvalue weighted by molar-refractivity contribution is 0.297. The standard InChI is InChI=1S/C6H14N2/c1-2-8-6-3-5(7)4-6/h5-6,8H,2-4,7H2,1H3. The van der Waals surface area contributed by atoms with Crippen molar-refractivity contribution in [1.29, 1.82) is 0 Å². The van der Waals surface area contributed by atoms with Gasteiger partial charge in [0.15, 0.2) is 0 Å². The van der Waals surface area contributed by atoms with Crippen LogP contribution >= 0.6 is 0 Å². The van der Waals surface area contributed by atoms with Crippen molar-refractivity contribution in [3.63, 3.8) is 0 Å². The van der Waals surface area contributed by atoms with Crippen molar-refractivity contribution >= 4 is 0 Å². The van der Waals surface area contributed by atoms with Crippen molar-refractivity contribution in [1.82, 2.24) is 5.32 Å². The van der Waals surface area contributed by atoms with Gasteiger partial charge >= 0.3 is 0 Å². The maximum absolute atomic E-state index is 5.56. The van der Waals surface area contributed by atoms with E-state index < -0.39 is 0 Å². The van der Waals surface area contributed by atoms with E-state index in [1.807, 2.05) is 0 Å². The van der Waals surface area contributed by atoms with Gasteiger partial charge in [-0.15, -0.1) is 0 Å². The fourth-order valence-corrected chi connectivity index (χ4v) is 1.12. The van der Waals surface area contributed by atoms with Crippen LogP contribution in [0.4, 0.5) is 0 Å². The van der Waals surface area contributed by atoms with E-state index in [0.717, 1.165) is 12.6 Å². The minimum Gasteiger partial charge on any atom is -0.328 e. The summed E-state index contributed by atoms with van der Waals surface area (Å²) in [5.41, 5.74) is 5.56. The van der Waals surface area contributed by atoms with Gasteiger partial charge in [0.2, 0.25) is 0 Å². The SMILES string of the molecule is CCNC1CC(N)C1. The Labute approximate surface area is 50.4 Å². The zero-order valence-corrected chi connectivity index (χ0v) is 5.35. The summed E-state index contributed by atoms with van der Waals surface area (Å²) in [6.45, 7) is 3.21. The predicted molar refractivity (Wildman–Crippen MR) is 34.7 cm³/mol. The summed E-state index contributed by atoms with van der Waals surface area (Å²) in [5.74, 6) is 0. The summed E-state index contributed by atoms with van der Waals surface area (Å²) in [7, 11) is 0. The molecule has 0 bridgehead atoms. The average Bonchev–Trinajstić information content (AvgIpc) is 1.64. The fourth-order valence-electron chi connectivity index (χ4n) is 1.12. The second-order valence-electron chi connectivity index (χ2n) is 2.49. The van der Waals surface area contributed by atoms with Crippen LogP contribution in [0, 0.1) is 0 Å². The van der Waals surface area contributed by atoms with Crippen molar-refractivity contribution in [2.45, 2.75) is 31.8 Å². The lowest BCUT2D eigenvalue weighted by Gasteiger charge is -2.32. The van der Waals surface area contributed by atoms with Crippen molar-refractivity contribution in [2.24, 2.45) is 5.73 Å². The molecule has 1 saturated carbocycles. The molecular weight excluding hydrogens is 100 g/mol. The van der Waals surface area contributed by atoms with Gasteiger partial charge in [-0.1, -0.05) is 6.92 Å². The Hall–Kier alpha value is -0.0800. The zero-order chi connectivity index (χ0) is 5.98. The first kappa shape index (κ1) is 6.05. The summed E-state index contributed by atoms with van der Waals surface area (Å²) in [4.78, 5) is 0. The van der Waals surface area contributed by atoms with Gasteiger partial charge in [0.05, 0.1) is 0 Å². The van der Waals surface area contributed by atoms with Crippen LogP contribution in [0.15, 0.2) is 0 Å². The molecule has 0 unspecified atom stereocenters. The van der Waals surface area contributed by atoms with E-state index in [2.05, 4.69) is 12.2 Å². The maximum atomic E-state index is 5.56. The molecule has 8 heavy (non-hydrogen) atoms. The Balaban J connectivity index is 1.98. The summed E-state index contributed by atoms with van der Waals surface area (Å²) >= 11 is 0. The summed E-state index contributed by atoms with van der Waals surface area (Å²) in [5, 5.41) is 3.33. The van der Waals surface area contributed by atoms with Gasteiger partial charge in [-0.05, 0) is 19.4 Å². The molecule has 0 heterocycles. The molecule has 1 aliphatic carbocycles. The third-order valence-corrected chi connectivity index (χ3v) is 1.67. The Bertz CT molecular complexity index is 64.2. The van der Waals surface area contributed by atoms with Gasteiger partial charge < -0.3 is 11.1 Å².